The van der Waals surface area contributed by atoms with Gasteiger partial charge < -0.3 is 15.4 Å². The van der Waals surface area contributed by atoms with Gasteiger partial charge in [0, 0.05) is 13.1 Å². The van der Waals surface area contributed by atoms with E-state index in [0.717, 1.165) is 18.7 Å². The number of hydrogen-bond donors (Lipinski definition) is 2. The summed E-state index contributed by atoms with van der Waals surface area (Å²) in [5, 5.41) is 6.09. The molecule has 0 saturated carbocycles. The van der Waals surface area contributed by atoms with E-state index in [2.05, 4.69) is 22.8 Å². The molecule has 4 heteroatoms. The van der Waals surface area contributed by atoms with Crippen molar-refractivity contribution in [2.45, 2.75) is 32.4 Å². The van der Waals surface area contributed by atoms with Gasteiger partial charge in [0.1, 0.15) is 6.61 Å². The van der Waals surface area contributed by atoms with Crippen LogP contribution in [-0.4, -0.2) is 31.2 Å². The molecule has 1 aromatic rings. The van der Waals surface area contributed by atoms with Crippen LogP contribution in [0, 0.1) is 6.92 Å². The van der Waals surface area contributed by atoms with Gasteiger partial charge in [0.2, 0.25) is 5.91 Å². The van der Waals surface area contributed by atoms with Gasteiger partial charge in [-0.05, 0) is 26.3 Å². The molecule has 1 aromatic carbocycles. The lowest BCUT2D eigenvalue weighted by Gasteiger charge is -2.38. The normalized spacial score (nSPS) is 18.5. The molecule has 4 nitrogen and oxygen atoms in total. The fraction of sp³-hybridized carbons (Fsp3) is 0.533. The third-order valence-corrected chi connectivity index (χ3v) is 3.50. The zero-order chi connectivity index (χ0) is 13.9. The quantitative estimate of drug-likeness (QED) is 0.846. The topological polar surface area (TPSA) is 50.4 Å². The summed E-state index contributed by atoms with van der Waals surface area (Å²) >= 11 is 0. The van der Waals surface area contributed by atoms with Crippen molar-refractivity contribution in [3.05, 3.63) is 35.4 Å². The second kappa shape index (κ2) is 5.72. The Bertz CT molecular complexity index is 438. The summed E-state index contributed by atoms with van der Waals surface area (Å²) in [6.45, 7) is 7.79. The zero-order valence-corrected chi connectivity index (χ0v) is 11.8. The molecule has 0 aromatic heterocycles. The molecule has 19 heavy (non-hydrogen) atoms. The van der Waals surface area contributed by atoms with Gasteiger partial charge in [-0.25, -0.2) is 0 Å². The Morgan fingerprint density at radius 3 is 2.58 bits per heavy atom. The molecular formula is C15H22N2O2. The van der Waals surface area contributed by atoms with Crippen molar-refractivity contribution in [2.75, 3.05) is 19.7 Å². The van der Waals surface area contributed by atoms with Gasteiger partial charge in [0.25, 0.3) is 0 Å². The number of ether oxygens (including phenoxy) is 1. The number of aryl methyl sites for hydroxylation is 1. The molecule has 0 spiro atoms. The average Bonchev–Trinajstić information content (AvgIpc) is 2.35. The average molecular weight is 262 g/mol. The number of rotatable bonds is 5. The van der Waals surface area contributed by atoms with Gasteiger partial charge >= 0.3 is 0 Å². The molecule has 1 fully saturated rings. The van der Waals surface area contributed by atoms with Crippen LogP contribution in [-0.2, 0) is 9.53 Å². The lowest BCUT2D eigenvalue weighted by molar-refractivity contribution is -0.136. The van der Waals surface area contributed by atoms with Crippen molar-refractivity contribution >= 4 is 5.91 Å². The van der Waals surface area contributed by atoms with Gasteiger partial charge in [-0.1, -0.05) is 29.8 Å². The maximum absolute atomic E-state index is 11.8. The van der Waals surface area contributed by atoms with E-state index < -0.39 is 0 Å². The molecule has 1 saturated heterocycles. The van der Waals surface area contributed by atoms with Crippen LogP contribution in [0.4, 0.5) is 0 Å². The van der Waals surface area contributed by atoms with Gasteiger partial charge in [-0.3, -0.25) is 4.79 Å². The molecule has 1 aliphatic rings. The maximum atomic E-state index is 11.8. The molecule has 0 radical (unpaired) electrons. The summed E-state index contributed by atoms with van der Waals surface area (Å²) in [5.41, 5.74) is 2.15. The summed E-state index contributed by atoms with van der Waals surface area (Å²) < 4.78 is 5.61. The number of amides is 1. The second-order valence-corrected chi connectivity index (χ2v) is 5.54. The Hall–Kier alpha value is -1.39. The van der Waals surface area contributed by atoms with Gasteiger partial charge in [-0.2, -0.15) is 0 Å². The Balaban J connectivity index is 1.79. The molecule has 2 N–H and O–H groups in total. The summed E-state index contributed by atoms with van der Waals surface area (Å²) in [6, 6.07) is 8.19. The first kappa shape index (κ1) is 14.0. The van der Waals surface area contributed by atoms with Crippen molar-refractivity contribution < 1.29 is 9.53 Å². The summed E-state index contributed by atoms with van der Waals surface area (Å²) in [7, 11) is 0. The minimum atomic E-state index is -0.176. The monoisotopic (exact) mass is 262 g/mol. The fourth-order valence-corrected chi connectivity index (χ4v) is 2.04. The van der Waals surface area contributed by atoms with Crippen LogP contribution in [0.3, 0.4) is 0 Å². The first-order valence-electron chi connectivity index (χ1n) is 6.69. The van der Waals surface area contributed by atoms with Crippen molar-refractivity contribution in [1.29, 1.82) is 0 Å². The minimum Gasteiger partial charge on any atom is -0.363 e. The summed E-state index contributed by atoms with van der Waals surface area (Å²) in [4.78, 5) is 11.8. The SMILES string of the molecule is Cc1ccc([C@@H](C)NC(=O)COC2(C)CNC2)cc1. The molecular weight excluding hydrogens is 240 g/mol. The second-order valence-electron chi connectivity index (χ2n) is 5.54. The molecule has 2 rings (SSSR count). The largest absolute Gasteiger partial charge is 0.363 e. The predicted molar refractivity (Wildman–Crippen MR) is 75.0 cm³/mol. The highest BCUT2D eigenvalue weighted by Crippen LogP contribution is 2.16. The van der Waals surface area contributed by atoms with Crippen molar-refractivity contribution in [3.8, 4) is 0 Å². The van der Waals surface area contributed by atoms with E-state index in [0.29, 0.717) is 0 Å². The molecule has 0 bridgehead atoms. The molecule has 1 atom stereocenters. The highest BCUT2D eigenvalue weighted by Gasteiger charge is 2.33. The van der Waals surface area contributed by atoms with Crippen LogP contribution in [0.2, 0.25) is 0 Å². The van der Waals surface area contributed by atoms with E-state index >= 15 is 0 Å². The predicted octanol–water partition coefficient (Wildman–Crippen LogP) is 1.55. The number of carbonyl (C=O) groups excluding carboxylic acids is 1. The smallest absolute Gasteiger partial charge is 0.246 e. The van der Waals surface area contributed by atoms with Gasteiger partial charge in [0.05, 0.1) is 11.6 Å². The van der Waals surface area contributed by atoms with E-state index in [1.165, 1.54) is 5.56 Å². The molecule has 1 aliphatic heterocycles. The van der Waals surface area contributed by atoms with Crippen LogP contribution < -0.4 is 10.6 Å². The number of nitrogens with one attached hydrogen (secondary N) is 2. The highest BCUT2D eigenvalue weighted by molar-refractivity contribution is 5.77. The Morgan fingerprint density at radius 2 is 2.05 bits per heavy atom. The van der Waals surface area contributed by atoms with E-state index in [4.69, 9.17) is 4.74 Å². The van der Waals surface area contributed by atoms with E-state index in [-0.39, 0.29) is 24.2 Å². The van der Waals surface area contributed by atoms with Crippen LogP contribution in [0.25, 0.3) is 0 Å². The number of hydrogen-bond acceptors (Lipinski definition) is 3. The highest BCUT2D eigenvalue weighted by atomic mass is 16.5. The van der Waals surface area contributed by atoms with Crippen molar-refractivity contribution in [2.24, 2.45) is 0 Å². The maximum Gasteiger partial charge on any atom is 0.246 e. The lowest BCUT2D eigenvalue weighted by Crippen LogP contribution is -2.59. The summed E-state index contributed by atoms with van der Waals surface area (Å²) in [5.74, 6) is -0.0683. The third-order valence-electron chi connectivity index (χ3n) is 3.50. The molecule has 1 heterocycles. The summed E-state index contributed by atoms with van der Waals surface area (Å²) in [6.07, 6.45) is 0. The Labute approximate surface area is 114 Å². The number of carbonyl (C=O) groups is 1. The molecule has 0 unspecified atom stereocenters. The minimum absolute atomic E-state index is 0.00372. The van der Waals surface area contributed by atoms with Crippen molar-refractivity contribution in [1.82, 2.24) is 10.6 Å². The number of benzene rings is 1. The van der Waals surface area contributed by atoms with Crippen LogP contribution >= 0.6 is 0 Å². The Kier molecular flexibility index (Phi) is 4.22. The first-order chi connectivity index (χ1) is 8.98. The van der Waals surface area contributed by atoms with Gasteiger partial charge in [-0.15, -0.1) is 0 Å². The molecule has 1 amide bonds. The Morgan fingerprint density at radius 1 is 1.42 bits per heavy atom. The van der Waals surface area contributed by atoms with Crippen molar-refractivity contribution in [3.63, 3.8) is 0 Å². The van der Waals surface area contributed by atoms with Crippen LogP contribution in [0.15, 0.2) is 24.3 Å². The fourth-order valence-electron chi connectivity index (χ4n) is 2.04. The van der Waals surface area contributed by atoms with E-state index in [9.17, 15) is 4.79 Å². The third kappa shape index (κ3) is 3.78. The standard InChI is InChI=1S/C15H22N2O2/c1-11-4-6-13(7-5-11)12(2)17-14(18)8-19-15(3)9-16-10-15/h4-7,12,16H,8-10H2,1-3H3,(H,17,18)/t12-/m1/s1. The molecule has 104 valence electrons. The molecule has 0 aliphatic carbocycles. The lowest BCUT2D eigenvalue weighted by atomic mass is 10.0. The van der Waals surface area contributed by atoms with Crippen LogP contribution in [0.5, 0.6) is 0 Å². The zero-order valence-electron chi connectivity index (χ0n) is 11.8. The van der Waals surface area contributed by atoms with Crippen LogP contribution in [0.1, 0.15) is 31.0 Å². The van der Waals surface area contributed by atoms with Gasteiger partial charge in [0.15, 0.2) is 0 Å². The van der Waals surface area contributed by atoms with E-state index in [1.807, 2.05) is 32.9 Å². The van der Waals surface area contributed by atoms with E-state index in [1.54, 1.807) is 0 Å². The first-order valence-corrected chi connectivity index (χ1v) is 6.69.